The standard InChI is InChI=1S/C18H20N4O5S/c1-14-3-2-4-15(11-14)13-19-20-17-6-5-16(22(23)24)12-18(17)28(25,26)21-7-9-27-10-8-21/h2-6,11-13,20H,7-10H2,1H3/b19-13+. The number of rotatable bonds is 6. The van der Waals surface area contributed by atoms with Crippen LogP contribution in [0.2, 0.25) is 0 Å². The van der Waals surface area contributed by atoms with Crippen LogP contribution >= 0.6 is 0 Å². The summed E-state index contributed by atoms with van der Waals surface area (Å²) in [5.74, 6) is 0. The van der Waals surface area contributed by atoms with Gasteiger partial charge in [-0.1, -0.05) is 29.8 Å². The highest BCUT2D eigenvalue weighted by atomic mass is 32.2. The quantitative estimate of drug-likeness (QED) is 0.449. The minimum Gasteiger partial charge on any atom is -0.379 e. The molecular formula is C18H20N4O5S. The molecule has 2 aromatic rings. The SMILES string of the molecule is Cc1cccc(/C=N/Nc2ccc([N+](=O)[O-])cc2S(=O)(=O)N2CCOCC2)c1. The molecule has 0 saturated carbocycles. The van der Waals surface area contributed by atoms with Crippen LogP contribution in [0.4, 0.5) is 11.4 Å². The van der Waals surface area contributed by atoms with E-state index >= 15 is 0 Å². The number of anilines is 1. The van der Waals surface area contributed by atoms with Crippen LogP contribution < -0.4 is 5.43 Å². The predicted octanol–water partition coefficient (Wildman–Crippen LogP) is 2.37. The molecule has 2 aromatic carbocycles. The summed E-state index contributed by atoms with van der Waals surface area (Å²) in [4.78, 5) is 10.3. The molecule has 0 bridgehead atoms. The van der Waals surface area contributed by atoms with Gasteiger partial charge in [0.25, 0.3) is 5.69 Å². The molecule has 148 valence electrons. The van der Waals surface area contributed by atoms with E-state index in [0.717, 1.165) is 17.2 Å². The van der Waals surface area contributed by atoms with E-state index in [1.165, 1.54) is 16.4 Å². The van der Waals surface area contributed by atoms with Crippen LogP contribution in [-0.2, 0) is 14.8 Å². The van der Waals surface area contributed by atoms with Gasteiger partial charge in [-0.2, -0.15) is 9.41 Å². The van der Waals surface area contributed by atoms with Gasteiger partial charge in [0.2, 0.25) is 10.0 Å². The lowest BCUT2D eigenvalue weighted by atomic mass is 10.2. The van der Waals surface area contributed by atoms with Crippen LogP contribution in [0.15, 0.2) is 52.5 Å². The van der Waals surface area contributed by atoms with Crippen LogP contribution in [0.25, 0.3) is 0 Å². The zero-order chi connectivity index (χ0) is 20.1. The van der Waals surface area contributed by atoms with Crippen molar-refractivity contribution in [2.45, 2.75) is 11.8 Å². The first-order valence-electron chi connectivity index (χ1n) is 8.60. The molecule has 1 heterocycles. The molecule has 0 amide bonds. The van der Waals surface area contributed by atoms with E-state index in [4.69, 9.17) is 4.74 Å². The lowest BCUT2D eigenvalue weighted by Crippen LogP contribution is -2.40. The zero-order valence-electron chi connectivity index (χ0n) is 15.2. The number of hydrogen-bond donors (Lipinski definition) is 1. The Morgan fingerprint density at radius 3 is 2.64 bits per heavy atom. The van der Waals surface area contributed by atoms with Crippen molar-refractivity contribution in [2.24, 2.45) is 5.10 Å². The van der Waals surface area contributed by atoms with Crippen molar-refractivity contribution < 1.29 is 18.1 Å². The van der Waals surface area contributed by atoms with Gasteiger partial charge in [0.15, 0.2) is 0 Å². The highest BCUT2D eigenvalue weighted by Gasteiger charge is 2.30. The number of nitrogens with zero attached hydrogens (tertiary/aromatic N) is 3. The summed E-state index contributed by atoms with van der Waals surface area (Å²) in [5, 5.41) is 15.2. The van der Waals surface area contributed by atoms with Crippen LogP contribution in [0.1, 0.15) is 11.1 Å². The number of hydrogen-bond acceptors (Lipinski definition) is 7. The monoisotopic (exact) mass is 404 g/mol. The molecule has 0 spiro atoms. The molecular weight excluding hydrogens is 384 g/mol. The van der Waals surface area contributed by atoms with Gasteiger partial charge >= 0.3 is 0 Å². The van der Waals surface area contributed by atoms with Gasteiger partial charge < -0.3 is 4.74 Å². The predicted molar refractivity (Wildman–Crippen MR) is 105 cm³/mol. The number of aryl methyl sites for hydroxylation is 1. The smallest absolute Gasteiger partial charge is 0.270 e. The summed E-state index contributed by atoms with van der Waals surface area (Å²) in [6.07, 6.45) is 1.56. The second-order valence-electron chi connectivity index (χ2n) is 6.24. The fraction of sp³-hybridized carbons (Fsp3) is 0.278. The maximum Gasteiger partial charge on any atom is 0.270 e. The van der Waals surface area contributed by atoms with Crippen molar-refractivity contribution in [2.75, 3.05) is 31.7 Å². The van der Waals surface area contributed by atoms with Gasteiger partial charge in [0, 0.05) is 25.2 Å². The lowest BCUT2D eigenvalue weighted by Gasteiger charge is -2.26. The van der Waals surface area contributed by atoms with E-state index in [-0.39, 0.29) is 42.6 Å². The molecule has 0 atom stereocenters. The number of nitro benzene ring substituents is 1. The number of benzene rings is 2. The fourth-order valence-electron chi connectivity index (χ4n) is 2.78. The van der Waals surface area contributed by atoms with Crippen molar-refractivity contribution >= 4 is 27.6 Å². The minimum atomic E-state index is -3.94. The van der Waals surface area contributed by atoms with Gasteiger partial charge in [0.1, 0.15) is 4.90 Å². The summed E-state index contributed by atoms with van der Waals surface area (Å²) in [6.45, 7) is 2.90. The summed E-state index contributed by atoms with van der Waals surface area (Å²) >= 11 is 0. The third-order valence-corrected chi connectivity index (χ3v) is 6.14. The number of non-ortho nitro benzene ring substituents is 1. The summed E-state index contributed by atoms with van der Waals surface area (Å²) in [7, 11) is -3.94. The normalized spacial score (nSPS) is 15.6. The Kier molecular flexibility index (Phi) is 6.02. The molecule has 1 fully saturated rings. The molecule has 1 saturated heterocycles. The summed E-state index contributed by atoms with van der Waals surface area (Å²) in [6, 6.07) is 11.3. The first-order chi connectivity index (χ1) is 13.4. The molecule has 0 radical (unpaired) electrons. The summed E-state index contributed by atoms with van der Waals surface area (Å²) in [5.41, 5.74) is 4.47. The molecule has 1 aliphatic rings. The van der Waals surface area contributed by atoms with E-state index in [0.29, 0.717) is 0 Å². The first-order valence-corrected chi connectivity index (χ1v) is 10.0. The maximum absolute atomic E-state index is 13.0. The molecule has 10 heteroatoms. The topological polar surface area (TPSA) is 114 Å². The lowest BCUT2D eigenvalue weighted by molar-refractivity contribution is -0.385. The number of sulfonamides is 1. The molecule has 1 N–H and O–H groups in total. The Bertz CT molecular complexity index is 1000. The van der Waals surface area contributed by atoms with E-state index < -0.39 is 14.9 Å². The Morgan fingerprint density at radius 2 is 1.96 bits per heavy atom. The van der Waals surface area contributed by atoms with Crippen molar-refractivity contribution in [1.82, 2.24) is 4.31 Å². The molecule has 3 rings (SSSR count). The number of nitro groups is 1. The summed E-state index contributed by atoms with van der Waals surface area (Å²) < 4.78 is 32.5. The van der Waals surface area contributed by atoms with Crippen LogP contribution in [0.5, 0.6) is 0 Å². The number of morpholine rings is 1. The minimum absolute atomic E-state index is 0.168. The van der Waals surface area contributed by atoms with Gasteiger partial charge in [-0.15, -0.1) is 0 Å². The van der Waals surface area contributed by atoms with E-state index in [1.54, 1.807) is 6.21 Å². The number of ether oxygens (including phenoxy) is 1. The first kappa shape index (κ1) is 19.9. The molecule has 1 aliphatic heterocycles. The van der Waals surface area contributed by atoms with E-state index in [1.807, 2.05) is 31.2 Å². The van der Waals surface area contributed by atoms with Crippen LogP contribution in [-0.4, -0.2) is 50.2 Å². The number of nitrogens with one attached hydrogen (secondary N) is 1. The largest absolute Gasteiger partial charge is 0.379 e. The highest BCUT2D eigenvalue weighted by Crippen LogP contribution is 2.29. The average molecular weight is 404 g/mol. The molecule has 0 aromatic heterocycles. The molecule has 28 heavy (non-hydrogen) atoms. The van der Waals surface area contributed by atoms with Crippen molar-refractivity contribution in [3.05, 3.63) is 63.7 Å². The number of hydrazone groups is 1. The van der Waals surface area contributed by atoms with Gasteiger partial charge in [-0.25, -0.2) is 8.42 Å². The van der Waals surface area contributed by atoms with Gasteiger partial charge in [0.05, 0.1) is 30.0 Å². The van der Waals surface area contributed by atoms with Crippen molar-refractivity contribution in [3.8, 4) is 0 Å². The molecule has 0 aliphatic carbocycles. The Labute approximate surface area is 162 Å². The zero-order valence-corrected chi connectivity index (χ0v) is 16.1. The fourth-order valence-corrected chi connectivity index (χ4v) is 4.35. The van der Waals surface area contributed by atoms with Gasteiger partial charge in [-0.05, 0) is 18.6 Å². The Hall–Kier alpha value is -2.82. The van der Waals surface area contributed by atoms with Crippen molar-refractivity contribution in [3.63, 3.8) is 0 Å². The molecule has 0 unspecified atom stereocenters. The van der Waals surface area contributed by atoms with E-state index in [9.17, 15) is 18.5 Å². The van der Waals surface area contributed by atoms with Crippen molar-refractivity contribution in [1.29, 1.82) is 0 Å². The Balaban J connectivity index is 1.93. The average Bonchev–Trinajstić information content (AvgIpc) is 2.68. The molecule has 9 nitrogen and oxygen atoms in total. The highest BCUT2D eigenvalue weighted by molar-refractivity contribution is 7.89. The second-order valence-corrected chi connectivity index (χ2v) is 8.14. The van der Waals surface area contributed by atoms with Crippen LogP contribution in [0.3, 0.4) is 0 Å². The second kappa shape index (κ2) is 8.46. The third-order valence-electron chi connectivity index (χ3n) is 4.20. The Morgan fingerprint density at radius 1 is 1.21 bits per heavy atom. The maximum atomic E-state index is 13.0. The third kappa shape index (κ3) is 4.53. The van der Waals surface area contributed by atoms with E-state index in [2.05, 4.69) is 10.5 Å². The van der Waals surface area contributed by atoms with Gasteiger partial charge in [-0.3, -0.25) is 15.5 Å². The van der Waals surface area contributed by atoms with Crippen LogP contribution in [0, 0.1) is 17.0 Å².